The monoisotopic (exact) mass is 1090 g/mol. The van der Waals surface area contributed by atoms with Crippen molar-refractivity contribution in [1.82, 2.24) is 0 Å². The molecular weight excluding hydrogens is 1090 g/mol. The summed E-state index contributed by atoms with van der Waals surface area (Å²) in [6.45, 7) is 0. The van der Waals surface area contributed by atoms with Crippen molar-refractivity contribution in [2.24, 2.45) is 0 Å². The first kappa shape index (κ1) is 35.8. The summed E-state index contributed by atoms with van der Waals surface area (Å²) >= 11 is 7.07. The Morgan fingerprint density at radius 3 is 0.621 bits per heavy atom. The number of rotatable bonds is 0. The quantitative estimate of drug-likeness (QED) is 0.328. The molecule has 0 nitrogen and oxygen atoms in total. The fraction of sp³-hybridized carbons (Fsp3) is 0. The summed E-state index contributed by atoms with van der Waals surface area (Å²) in [5.74, 6) is 0. The third kappa shape index (κ3) is 34.8. The second-order valence-corrected chi connectivity index (χ2v) is 51.6. The van der Waals surface area contributed by atoms with Crippen LogP contribution in [0.5, 0.6) is 0 Å². The summed E-state index contributed by atoms with van der Waals surface area (Å²) in [4.78, 5) is 0. The maximum atomic E-state index is 4.79. The van der Waals surface area contributed by atoms with E-state index in [0.29, 0.717) is 0 Å². The summed E-state index contributed by atoms with van der Waals surface area (Å²) in [6.07, 6.45) is 0. The number of hydrogen-bond acceptors (Lipinski definition) is 1. The van der Waals surface area contributed by atoms with Crippen molar-refractivity contribution in [3.63, 3.8) is 0 Å². The molecule has 0 unspecified atom stereocenters. The molecule has 0 heterocycles. The maximum absolute atomic E-state index is 4.79. The molecule has 0 N–H and O–H groups in total. The van der Waals surface area contributed by atoms with Gasteiger partial charge < -0.3 is 0 Å². The van der Waals surface area contributed by atoms with Crippen LogP contribution < -0.4 is 0 Å². The molecule has 0 aliphatic carbocycles. The molecule has 0 aliphatic heterocycles. The van der Waals surface area contributed by atoms with Crippen LogP contribution in [0.1, 0.15) is 0 Å². The SMILES string of the molecule is S=S=S=S=S=S=S=S=S=S=S=S=S=S=S=S=S=S=S=S=S=S=S=S=S=S=S=[S]=[Pt]. The fourth-order valence-corrected chi connectivity index (χ4v) is 72.0. The van der Waals surface area contributed by atoms with Crippen molar-refractivity contribution in [1.29, 1.82) is 0 Å². The predicted molar refractivity (Wildman–Crippen MR) is 206 cm³/mol. The van der Waals surface area contributed by atoms with Crippen LogP contribution in [0.3, 0.4) is 0 Å². The summed E-state index contributed by atoms with van der Waals surface area (Å²) in [5.41, 5.74) is 0. The van der Waals surface area contributed by atoms with Crippen molar-refractivity contribution >= 4 is 250 Å². The van der Waals surface area contributed by atoms with Crippen molar-refractivity contribution in [3.8, 4) is 0 Å². The Kier molecular flexibility index (Phi) is 43.1. The molecule has 0 aromatic rings. The van der Waals surface area contributed by atoms with E-state index in [1.807, 2.05) is 160 Å². The minimum atomic E-state index is 1.37. The van der Waals surface area contributed by atoms with Crippen molar-refractivity contribution in [3.05, 3.63) is 0 Å². The van der Waals surface area contributed by atoms with Crippen LogP contribution in [0.4, 0.5) is 0 Å². The molecule has 0 amide bonds. The summed E-state index contributed by atoms with van der Waals surface area (Å²) in [5, 5.41) is 0. The molecule has 0 aliphatic rings. The van der Waals surface area contributed by atoms with Crippen LogP contribution in [-0.4, -0.2) is 0 Å². The van der Waals surface area contributed by atoms with Crippen LogP contribution in [0, 0.1) is 0 Å². The molecule has 0 spiro atoms. The van der Waals surface area contributed by atoms with Gasteiger partial charge in [-0.3, -0.25) is 0 Å². The van der Waals surface area contributed by atoms with E-state index in [-0.39, 0.29) is 0 Å². The minimum absolute atomic E-state index is 1.37. The zero-order valence-corrected chi connectivity index (χ0v) is 36.9. The second-order valence-electron chi connectivity index (χ2n) is 1.82. The first-order chi connectivity index (χ1) is 14.4. The van der Waals surface area contributed by atoms with Gasteiger partial charge in [0.2, 0.25) is 0 Å². The Hall–Kier alpha value is 6.85. The second kappa shape index (κ2) is 34.8. The molecule has 0 saturated heterocycles. The third-order valence-electron chi connectivity index (χ3n) is 0.716. The molecule has 0 fully saturated rings. The van der Waals surface area contributed by atoms with Crippen LogP contribution in [0.25, 0.3) is 0 Å². The van der Waals surface area contributed by atoms with Crippen molar-refractivity contribution < 1.29 is 18.0 Å². The van der Waals surface area contributed by atoms with Gasteiger partial charge in [0.15, 0.2) is 0 Å². The van der Waals surface area contributed by atoms with Crippen LogP contribution in [0.2, 0.25) is 0 Å². The van der Waals surface area contributed by atoms with Crippen LogP contribution >= 0.6 is 0 Å². The first-order valence-corrected chi connectivity index (χ1v) is 43.7. The molecule has 0 aromatic heterocycles. The molecule has 178 valence electrons. The van der Waals surface area contributed by atoms with Crippen molar-refractivity contribution in [2.45, 2.75) is 0 Å². The van der Waals surface area contributed by atoms with Gasteiger partial charge in [-0.1, -0.05) is 0 Å². The molecule has 0 rings (SSSR count). The topological polar surface area (TPSA) is 0 Å². The van der Waals surface area contributed by atoms with Gasteiger partial charge in [0.1, 0.15) is 0 Å². The van der Waals surface area contributed by atoms with E-state index in [1.54, 1.807) is 69.7 Å². The Labute approximate surface area is 260 Å². The van der Waals surface area contributed by atoms with Gasteiger partial charge in [0.05, 0.1) is 0 Å². The van der Waals surface area contributed by atoms with E-state index in [0.717, 1.165) is 0 Å². The summed E-state index contributed by atoms with van der Waals surface area (Å²) < 4.78 is 0. The molecule has 29 heavy (non-hydrogen) atoms. The van der Waals surface area contributed by atoms with Gasteiger partial charge in [-0.25, -0.2) is 0 Å². The molecule has 29 heteroatoms. The Morgan fingerprint density at radius 2 is 0.448 bits per heavy atom. The Balaban J connectivity index is 5.93. The van der Waals surface area contributed by atoms with E-state index in [1.165, 1.54) is 8.88 Å². The van der Waals surface area contributed by atoms with E-state index in [9.17, 15) is 0 Å². The molecule has 0 saturated carbocycles. The third-order valence-corrected chi connectivity index (χ3v) is 61.0. The normalized spacial score (nSPS) is 7.66. The summed E-state index contributed by atoms with van der Waals surface area (Å²) in [6, 6.07) is 0. The average molecular weight is 1090 g/mol. The fourth-order valence-electron chi connectivity index (χ4n) is 0.281. The van der Waals surface area contributed by atoms with Gasteiger partial charge in [-0.05, 0) is 0 Å². The zero-order chi connectivity index (χ0) is 21.1. The van der Waals surface area contributed by atoms with Crippen LogP contribution in [-0.2, 0) is 268 Å². The van der Waals surface area contributed by atoms with Crippen LogP contribution in [0.15, 0.2) is 0 Å². The van der Waals surface area contributed by atoms with Gasteiger partial charge in [-0.2, -0.15) is 0 Å². The molecule has 0 radical (unpaired) electrons. The first-order valence-electron chi connectivity index (χ1n) is 4.63. The Bertz CT molecular complexity index is 1590. The zero-order valence-electron chi connectivity index (χ0n) is 11.7. The van der Waals surface area contributed by atoms with E-state index < -0.39 is 0 Å². The van der Waals surface area contributed by atoms with E-state index >= 15 is 0 Å². The predicted octanol–water partition coefficient (Wildman–Crippen LogP) is -0.0697. The standard InChI is InChI=1S/Pt.S28/c;1-3-5-7-9-11-13-15-17-19-21-23-25-27-28-26-24-22-20-18-16-14-12-10-8-6-4-2. The summed E-state index contributed by atoms with van der Waals surface area (Å²) in [7, 11) is 48.2. The Morgan fingerprint density at radius 1 is 0.276 bits per heavy atom. The van der Waals surface area contributed by atoms with E-state index in [2.05, 4.69) is 18.0 Å². The van der Waals surface area contributed by atoms with Gasteiger partial charge in [0.25, 0.3) is 0 Å². The molecular formula is PtS28. The van der Waals surface area contributed by atoms with Gasteiger partial charge in [0, 0.05) is 144 Å². The molecule has 0 atom stereocenters. The van der Waals surface area contributed by atoms with Crippen molar-refractivity contribution in [2.75, 3.05) is 0 Å². The molecule has 0 bridgehead atoms. The molecule has 0 aromatic carbocycles. The average Bonchev–Trinajstić information content (AvgIpc) is 2.74. The van der Waals surface area contributed by atoms with E-state index in [4.69, 9.17) is 11.2 Å². The van der Waals surface area contributed by atoms with Gasteiger partial charge >= 0.3 is 123 Å². The van der Waals surface area contributed by atoms with Gasteiger partial charge in [-0.15, -0.1) is 0 Å². The number of hydrogen-bond donors (Lipinski definition) is 0.